The van der Waals surface area contributed by atoms with Crippen LogP contribution in [0.1, 0.15) is 54.6 Å². The lowest BCUT2D eigenvalue weighted by atomic mass is 9.89. The van der Waals surface area contributed by atoms with Gasteiger partial charge >= 0.3 is 6.03 Å². The van der Waals surface area contributed by atoms with Crippen molar-refractivity contribution in [3.8, 4) is 0 Å². The van der Waals surface area contributed by atoms with Gasteiger partial charge < -0.3 is 31.1 Å². The van der Waals surface area contributed by atoms with Crippen molar-refractivity contribution in [1.29, 1.82) is 0 Å². The highest BCUT2D eigenvalue weighted by Gasteiger charge is 2.25. The number of hydrogen-bond donors (Lipinski definition) is 3. The molecule has 4 rings (SSSR count). The molecule has 0 radical (unpaired) electrons. The van der Waals surface area contributed by atoms with Crippen LogP contribution in [0.3, 0.4) is 0 Å². The minimum absolute atomic E-state index is 0.0133. The van der Waals surface area contributed by atoms with E-state index in [2.05, 4.69) is 44.5 Å². The Bertz CT molecular complexity index is 1050. The maximum Gasteiger partial charge on any atom is 0.317 e. The van der Waals surface area contributed by atoms with Gasteiger partial charge in [0.2, 0.25) is 0 Å². The number of nitrogens with one attached hydrogen (secondary N) is 2. The Morgan fingerprint density at radius 3 is 2.47 bits per heavy atom. The Balaban J connectivity index is 1.47. The molecule has 0 saturated carbocycles. The fraction of sp³-hybridized carbons (Fsp3) is 0.538. The van der Waals surface area contributed by atoms with Crippen LogP contribution in [0.2, 0.25) is 0 Å². The summed E-state index contributed by atoms with van der Waals surface area (Å²) in [7, 11) is 3.45. The number of amides is 3. The molecule has 2 aliphatic rings. The van der Waals surface area contributed by atoms with Gasteiger partial charge in [-0.3, -0.25) is 4.79 Å². The number of rotatable bonds is 7. The molecule has 1 unspecified atom stereocenters. The Morgan fingerprint density at radius 2 is 1.83 bits per heavy atom. The molecule has 4 N–H and O–H groups in total. The number of nitrogens with zero attached hydrogens (tertiary/aromatic N) is 5. The maximum atomic E-state index is 12.1. The van der Waals surface area contributed by atoms with Crippen LogP contribution in [0.4, 0.5) is 22.1 Å². The van der Waals surface area contributed by atoms with E-state index in [0.29, 0.717) is 24.1 Å². The second kappa shape index (κ2) is 11.6. The van der Waals surface area contributed by atoms with Gasteiger partial charge in [-0.25, -0.2) is 14.8 Å². The third-order valence-corrected chi connectivity index (χ3v) is 7.15. The highest BCUT2D eigenvalue weighted by Crippen LogP contribution is 2.30. The monoisotopic (exact) mass is 494 g/mol. The van der Waals surface area contributed by atoms with Crippen LogP contribution in [0.15, 0.2) is 30.5 Å². The lowest BCUT2D eigenvalue weighted by molar-refractivity contribution is 0.0996. The number of benzene rings is 1. The Morgan fingerprint density at radius 1 is 1.11 bits per heavy atom. The minimum Gasteiger partial charge on any atom is -0.364 e. The fourth-order valence-electron chi connectivity index (χ4n) is 4.96. The van der Waals surface area contributed by atoms with Crippen LogP contribution in [0.25, 0.3) is 0 Å². The van der Waals surface area contributed by atoms with Gasteiger partial charge in [0.05, 0.1) is 6.20 Å². The molecule has 10 heteroatoms. The number of aromatic nitrogens is 2. The van der Waals surface area contributed by atoms with E-state index in [-0.39, 0.29) is 17.8 Å². The van der Waals surface area contributed by atoms with E-state index in [4.69, 9.17) is 10.7 Å². The number of anilines is 3. The van der Waals surface area contributed by atoms with E-state index in [1.165, 1.54) is 23.3 Å². The normalized spacial score (nSPS) is 19.1. The van der Waals surface area contributed by atoms with E-state index in [1.54, 1.807) is 20.3 Å². The molecule has 2 fully saturated rings. The molecule has 36 heavy (non-hydrogen) atoms. The zero-order valence-electron chi connectivity index (χ0n) is 21.5. The van der Waals surface area contributed by atoms with E-state index in [1.807, 2.05) is 12.1 Å². The third kappa shape index (κ3) is 6.23. The van der Waals surface area contributed by atoms with Crippen LogP contribution in [-0.4, -0.2) is 84.6 Å². The summed E-state index contributed by atoms with van der Waals surface area (Å²) in [6.45, 7) is 7.02. The maximum absolute atomic E-state index is 12.1. The van der Waals surface area contributed by atoms with Crippen molar-refractivity contribution < 1.29 is 9.59 Å². The minimum atomic E-state index is -0.634. The second-order valence-corrected chi connectivity index (χ2v) is 9.87. The van der Waals surface area contributed by atoms with Gasteiger partial charge in [-0.15, -0.1) is 0 Å². The number of carbonyl (C=O) groups excluding carboxylic acids is 2. The summed E-state index contributed by atoms with van der Waals surface area (Å²) in [6.07, 6.45) is 5.74. The predicted octanol–water partition coefficient (Wildman–Crippen LogP) is 2.76. The molecule has 1 aromatic heterocycles. The molecule has 1 atom stereocenters. The van der Waals surface area contributed by atoms with E-state index >= 15 is 0 Å². The molecular weight excluding hydrogens is 456 g/mol. The predicted molar refractivity (Wildman–Crippen MR) is 142 cm³/mol. The molecule has 10 nitrogen and oxygen atoms in total. The Labute approximate surface area is 213 Å². The van der Waals surface area contributed by atoms with Crippen LogP contribution in [0.5, 0.6) is 0 Å². The van der Waals surface area contributed by atoms with Crippen molar-refractivity contribution in [2.24, 2.45) is 5.73 Å². The number of nitrogens with two attached hydrogens (primary N) is 1. The molecular formula is C26H38N8O2. The molecule has 0 spiro atoms. The number of likely N-dealkylation sites (tertiary alicyclic amines) is 1. The summed E-state index contributed by atoms with van der Waals surface area (Å²) in [6, 6.07) is 8.25. The number of carbonyl (C=O) groups is 2. The molecule has 2 aromatic rings. The summed E-state index contributed by atoms with van der Waals surface area (Å²) in [5, 5.41) is 6.30. The molecule has 2 aliphatic heterocycles. The van der Waals surface area contributed by atoms with Crippen LogP contribution in [0, 0.1) is 0 Å². The summed E-state index contributed by atoms with van der Waals surface area (Å²) < 4.78 is 0. The Hall–Kier alpha value is -3.40. The first-order valence-corrected chi connectivity index (χ1v) is 12.8. The zero-order chi connectivity index (χ0) is 25.7. The van der Waals surface area contributed by atoms with Crippen molar-refractivity contribution in [2.75, 3.05) is 57.0 Å². The first-order chi connectivity index (χ1) is 17.3. The number of hydrogen-bond acceptors (Lipinski definition) is 7. The molecule has 1 aromatic carbocycles. The second-order valence-electron chi connectivity index (χ2n) is 9.87. The largest absolute Gasteiger partial charge is 0.364 e. The third-order valence-electron chi connectivity index (χ3n) is 7.15. The zero-order valence-corrected chi connectivity index (χ0v) is 21.5. The van der Waals surface area contributed by atoms with Crippen LogP contribution < -0.4 is 21.3 Å². The fourth-order valence-corrected chi connectivity index (χ4v) is 4.96. The van der Waals surface area contributed by atoms with Gasteiger partial charge in [0.15, 0.2) is 11.5 Å². The van der Waals surface area contributed by atoms with Gasteiger partial charge in [0, 0.05) is 38.9 Å². The summed E-state index contributed by atoms with van der Waals surface area (Å²) in [5.74, 6) is 0.922. The van der Waals surface area contributed by atoms with Gasteiger partial charge in [-0.1, -0.05) is 19.1 Å². The standard InChI is InChI=1S/C26H38N8O2/c1-4-33-14-11-19(12-15-33)18-7-9-20(10-8-18)29-25-23(24(27)35)28-16-22(31-25)34-13-5-6-21(17-34)30-26(36)32(2)3/h7-10,16,19,21H,4-6,11-15,17H2,1-3H3,(H2,27,35)(H,29,31)(H,30,36). The average molecular weight is 495 g/mol. The molecule has 194 valence electrons. The van der Waals surface area contributed by atoms with Gasteiger partial charge in [0.1, 0.15) is 5.82 Å². The van der Waals surface area contributed by atoms with Gasteiger partial charge in [-0.2, -0.15) is 0 Å². The van der Waals surface area contributed by atoms with Gasteiger partial charge in [0.25, 0.3) is 5.91 Å². The van der Waals surface area contributed by atoms with Crippen molar-refractivity contribution in [3.63, 3.8) is 0 Å². The van der Waals surface area contributed by atoms with E-state index in [9.17, 15) is 9.59 Å². The first-order valence-electron chi connectivity index (χ1n) is 12.8. The highest BCUT2D eigenvalue weighted by molar-refractivity contribution is 5.96. The lowest BCUT2D eigenvalue weighted by Gasteiger charge is -2.34. The van der Waals surface area contributed by atoms with Crippen LogP contribution in [-0.2, 0) is 0 Å². The summed E-state index contributed by atoms with van der Waals surface area (Å²) in [5.41, 5.74) is 7.86. The van der Waals surface area contributed by atoms with Gasteiger partial charge in [-0.05, 0) is 68.9 Å². The average Bonchev–Trinajstić information content (AvgIpc) is 2.89. The quantitative estimate of drug-likeness (QED) is 0.541. The number of primary amides is 1. The van der Waals surface area contributed by atoms with Crippen molar-refractivity contribution in [3.05, 3.63) is 41.7 Å². The smallest absolute Gasteiger partial charge is 0.317 e. The molecule has 0 aliphatic carbocycles. The van der Waals surface area contributed by atoms with Crippen LogP contribution >= 0.6 is 0 Å². The summed E-state index contributed by atoms with van der Waals surface area (Å²) in [4.78, 5) is 39.3. The molecule has 0 bridgehead atoms. The lowest BCUT2D eigenvalue weighted by Crippen LogP contribution is -2.50. The SMILES string of the molecule is CCN1CCC(c2ccc(Nc3nc(N4CCCC(NC(=O)N(C)C)C4)cnc3C(N)=O)cc2)CC1. The van der Waals surface area contributed by atoms with Crippen molar-refractivity contribution in [1.82, 2.24) is 25.1 Å². The first kappa shape index (κ1) is 25.7. The number of urea groups is 1. The topological polar surface area (TPSA) is 120 Å². The summed E-state index contributed by atoms with van der Waals surface area (Å²) >= 11 is 0. The molecule has 3 amide bonds. The molecule has 2 saturated heterocycles. The van der Waals surface area contributed by atoms with E-state index < -0.39 is 5.91 Å². The number of piperidine rings is 2. The van der Waals surface area contributed by atoms with Crippen molar-refractivity contribution in [2.45, 2.75) is 44.6 Å². The Kier molecular flexibility index (Phi) is 8.25. The highest BCUT2D eigenvalue weighted by atomic mass is 16.2. The van der Waals surface area contributed by atoms with E-state index in [0.717, 1.165) is 44.7 Å². The molecule has 3 heterocycles. The van der Waals surface area contributed by atoms with Crippen molar-refractivity contribution >= 4 is 29.3 Å².